The van der Waals surface area contributed by atoms with Gasteiger partial charge in [-0.25, -0.2) is 8.42 Å². The van der Waals surface area contributed by atoms with Crippen molar-refractivity contribution in [2.75, 3.05) is 30.8 Å². The van der Waals surface area contributed by atoms with E-state index in [0.717, 1.165) is 27.3 Å². The zero-order valence-corrected chi connectivity index (χ0v) is 24.6. The Balaban J connectivity index is 2.04. The van der Waals surface area contributed by atoms with Gasteiger partial charge in [-0.2, -0.15) is 0 Å². The lowest BCUT2D eigenvalue weighted by Crippen LogP contribution is -2.53. The van der Waals surface area contributed by atoms with Crippen LogP contribution in [0.15, 0.2) is 78.9 Å². The maximum atomic E-state index is 14.1. The van der Waals surface area contributed by atoms with E-state index in [1.54, 1.807) is 24.3 Å². The first-order valence-corrected chi connectivity index (χ1v) is 15.1. The molecule has 0 saturated carbocycles. The monoisotopic (exact) mass is 565 g/mol. The molecule has 8 nitrogen and oxygen atoms in total. The van der Waals surface area contributed by atoms with Crippen molar-refractivity contribution in [3.8, 4) is 5.75 Å². The summed E-state index contributed by atoms with van der Waals surface area (Å²) in [6.45, 7) is 6.10. The minimum atomic E-state index is -3.85. The average molecular weight is 566 g/mol. The Morgan fingerprint density at radius 1 is 0.925 bits per heavy atom. The molecular formula is C31H39N3O5S. The third kappa shape index (κ3) is 8.84. The molecule has 9 heteroatoms. The highest BCUT2D eigenvalue weighted by Gasteiger charge is 2.33. The highest BCUT2D eigenvalue weighted by Crippen LogP contribution is 2.24. The first kappa shape index (κ1) is 30.7. The molecule has 0 aliphatic rings. The number of rotatable bonds is 13. The van der Waals surface area contributed by atoms with Gasteiger partial charge in [0.2, 0.25) is 21.8 Å². The van der Waals surface area contributed by atoms with Crippen molar-refractivity contribution in [1.82, 2.24) is 10.2 Å². The van der Waals surface area contributed by atoms with E-state index in [1.807, 2.05) is 75.4 Å². The van der Waals surface area contributed by atoms with Gasteiger partial charge in [0.25, 0.3) is 0 Å². The minimum absolute atomic E-state index is 0.140. The Kier molecular flexibility index (Phi) is 10.7. The lowest BCUT2D eigenvalue weighted by atomic mass is 10.0. The lowest BCUT2D eigenvalue weighted by molar-refractivity contribution is -0.140. The van der Waals surface area contributed by atoms with Crippen molar-refractivity contribution in [3.63, 3.8) is 0 Å². The normalized spacial score (nSPS) is 12.1. The Bertz CT molecular complexity index is 1380. The first-order valence-electron chi connectivity index (χ1n) is 13.3. The molecular weight excluding hydrogens is 526 g/mol. The van der Waals surface area contributed by atoms with E-state index in [-0.39, 0.29) is 24.8 Å². The number of amides is 2. The summed E-state index contributed by atoms with van der Waals surface area (Å²) in [6.07, 6.45) is 1.33. The van der Waals surface area contributed by atoms with Gasteiger partial charge < -0.3 is 15.0 Å². The van der Waals surface area contributed by atoms with Crippen LogP contribution in [0.4, 0.5) is 5.69 Å². The van der Waals surface area contributed by atoms with Crippen molar-refractivity contribution >= 4 is 27.5 Å². The fraction of sp³-hybridized carbons (Fsp3) is 0.355. The van der Waals surface area contributed by atoms with Crippen LogP contribution in [-0.2, 0) is 32.6 Å². The quantitative estimate of drug-likeness (QED) is 0.336. The van der Waals surface area contributed by atoms with Gasteiger partial charge in [-0.05, 0) is 36.1 Å². The Morgan fingerprint density at radius 2 is 1.60 bits per heavy atom. The molecule has 0 aliphatic carbocycles. The number of nitrogens with zero attached hydrogens (tertiary/aromatic N) is 2. The summed E-state index contributed by atoms with van der Waals surface area (Å²) in [7, 11) is -2.36. The van der Waals surface area contributed by atoms with Gasteiger partial charge in [-0.1, -0.05) is 80.1 Å². The number of sulfonamides is 1. The zero-order valence-electron chi connectivity index (χ0n) is 23.8. The van der Waals surface area contributed by atoms with Gasteiger partial charge >= 0.3 is 0 Å². The van der Waals surface area contributed by atoms with Crippen LogP contribution in [-0.4, -0.2) is 57.6 Å². The number of benzene rings is 3. The van der Waals surface area contributed by atoms with Crippen molar-refractivity contribution < 1.29 is 22.7 Å². The number of hydrogen-bond donors (Lipinski definition) is 1. The second kappa shape index (κ2) is 14.0. The van der Waals surface area contributed by atoms with Crippen molar-refractivity contribution in [1.29, 1.82) is 0 Å². The number of carbonyl (C=O) groups excluding carboxylic acids is 2. The second-order valence-corrected chi connectivity index (χ2v) is 12.2. The lowest BCUT2D eigenvalue weighted by Gasteiger charge is -2.33. The molecule has 2 amide bonds. The van der Waals surface area contributed by atoms with Crippen LogP contribution in [0.3, 0.4) is 0 Å². The molecule has 0 unspecified atom stereocenters. The highest BCUT2D eigenvalue weighted by molar-refractivity contribution is 7.92. The van der Waals surface area contributed by atoms with E-state index >= 15 is 0 Å². The molecule has 0 spiro atoms. The van der Waals surface area contributed by atoms with Crippen molar-refractivity contribution in [2.45, 2.75) is 39.8 Å². The predicted molar refractivity (Wildman–Crippen MR) is 159 cm³/mol. The maximum Gasteiger partial charge on any atom is 0.244 e. The summed E-state index contributed by atoms with van der Waals surface area (Å²) in [5.41, 5.74) is 3.09. The predicted octanol–water partition coefficient (Wildman–Crippen LogP) is 4.18. The molecule has 214 valence electrons. The minimum Gasteiger partial charge on any atom is -0.497 e. The number of carbonyl (C=O) groups is 2. The molecule has 0 radical (unpaired) electrons. The van der Waals surface area contributed by atoms with Gasteiger partial charge in [0.05, 0.1) is 19.1 Å². The molecule has 3 rings (SSSR count). The molecule has 1 N–H and O–H groups in total. The van der Waals surface area contributed by atoms with Gasteiger partial charge in [-0.3, -0.25) is 13.9 Å². The van der Waals surface area contributed by atoms with Crippen molar-refractivity contribution in [2.24, 2.45) is 5.92 Å². The maximum absolute atomic E-state index is 14.1. The van der Waals surface area contributed by atoms with Crippen LogP contribution in [0.2, 0.25) is 0 Å². The number of aryl methyl sites for hydroxylation is 1. The number of methoxy groups -OCH3 is 1. The summed E-state index contributed by atoms with van der Waals surface area (Å²) in [6, 6.07) is 22.9. The van der Waals surface area contributed by atoms with Crippen LogP contribution >= 0.6 is 0 Å². The highest BCUT2D eigenvalue weighted by atomic mass is 32.2. The summed E-state index contributed by atoms with van der Waals surface area (Å²) in [5.74, 6) is -0.0961. The Hall–Kier alpha value is -3.85. The van der Waals surface area contributed by atoms with Crippen LogP contribution < -0.4 is 14.4 Å². The smallest absolute Gasteiger partial charge is 0.244 e. The molecule has 40 heavy (non-hydrogen) atoms. The molecule has 0 heterocycles. The average Bonchev–Trinajstić information content (AvgIpc) is 2.93. The van der Waals surface area contributed by atoms with E-state index < -0.39 is 28.5 Å². The zero-order chi connectivity index (χ0) is 29.3. The molecule has 0 fully saturated rings. The van der Waals surface area contributed by atoms with Gasteiger partial charge in [0, 0.05) is 25.6 Å². The molecule has 0 saturated heterocycles. The topological polar surface area (TPSA) is 96.0 Å². The summed E-state index contributed by atoms with van der Waals surface area (Å²) < 4.78 is 32.1. The fourth-order valence-corrected chi connectivity index (χ4v) is 5.09. The summed E-state index contributed by atoms with van der Waals surface area (Å²) >= 11 is 0. The van der Waals surface area contributed by atoms with E-state index in [0.29, 0.717) is 18.0 Å². The largest absolute Gasteiger partial charge is 0.497 e. The molecule has 1 atom stereocenters. The van der Waals surface area contributed by atoms with E-state index in [4.69, 9.17) is 4.74 Å². The van der Waals surface area contributed by atoms with Gasteiger partial charge in [-0.15, -0.1) is 0 Å². The molecule has 3 aromatic carbocycles. The van der Waals surface area contributed by atoms with E-state index in [1.165, 1.54) is 12.0 Å². The van der Waals surface area contributed by atoms with Gasteiger partial charge in [0.1, 0.15) is 18.3 Å². The molecule has 0 aromatic heterocycles. The SMILES string of the molecule is COc1cccc(N(CC(=O)N(Cc2ccc(C)cc2)[C@H](Cc2ccccc2)C(=O)NCC(C)C)S(C)(=O)=O)c1. The number of hydrogen-bond acceptors (Lipinski definition) is 5. The Labute approximate surface area is 238 Å². The Morgan fingerprint density at radius 3 is 2.20 bits per heavy atom. The first-order chi connectivity index (χ1) is 19.0. The molecule has 3 aromatic rings. The van der Waals surface area contributed by atoms with Crippen molar-refractivity contribution in [3.05, 3.63) is 95.6 Å². The number of anilines is 1. The van der Waals surface area contributed by atoms with Crippen LogP contribution in [0.25, 0.3) is 0 Å². The van der Waals surface area contributed by atoms with Gasteiger partial charge in [0.15, 0.2) is 0 Å². The number of nitrogens with one attached hydrogen (secondary N) is 1. The fourth-order valence-electron chi connectivity index (χ4n) is 4.25. The van der Waals surface area contributed by atoms with Crippen LogP contribution in [0, 0.1) is 12.8 Å². The molecule has 0 bridgehead atoms. The second-order valence-electron chi connectivity index (χ2n) is 10.3. The summed E-state index contributed by atoms with van der Waals surface area (Å²) in [4.78, 5) is 29.2. The third-order valence-electron chi connectivity index (χ3n) is 6.45. The summed E-state index contributed by atoms with van der Waals surface area (Å²) in [5, 5.41) is 2.98. The third-order valence-corrected chi connectivity index (χ3v) is 7.59. The standard InChI is InChI=1S/C31H39N3O5S/c1-23(2)20-32-31(36)29(18-25-10-7-6-8-11-25)33(21-26-16-14-24(3)15-17-26)30(35)22-34(40(5,37)38)27-12-9-13-28(19-27)39-4/h6-17,19,23,29H,18,20-22H2,1-5H3,(H,32,36)/t29-/m1/s1. The van der Waals surface area contributed by atoms with E-state index in [9.17, 15) is 18.0 Å². The van der Waals surface area contributed by atoms with Crippen LogP contribution in [0.1, 0.15) is 30.5 Å². The number of ether oxygens (including phenoxy) is 1. The molecule has 0 aliphatic heterocycles. The van der Waals surface area contributed by atoms with E-state index in [2.05, 4.69) is 5.32 Å². The van der Waals surface area contributed by atoms with Crippen LogP contribution in [0.5, 0.6) is 5.75 Å².